The van der Waals surface area contributed by atoms with Crippen LogP contribution in [0.5, 0.6) is 0 Å². The molecule has 3 rings (SSSR count). The van der Waals surface area contributed by atoms with E-state index in [1.54, 1.807) is 0 Å². The highest BCUT2D eigenvalue weighted by Gasteiger charge is 2.16. The van der Waals surface area contributed by atoms with Crippen LogP contribution in [0.15, 0.2) is 35.3 Å². The fraction of sp³-hybridized carbons (Fsp3) is 0.545. The Labute approximate surface area is 168 Å². The zero-order valence-electron chi connectivity index (χ0n) is 17.6. The van der Waals surface area contributed by atoms with Crippen LogP contribution in [0.4, 0.5) is 0 Å². The molecule has 2 heterocycles. The second-order valence-corrected chi connectivity index (χ2v) is 7.63. The third-order valence-electron chi connectivity index (χ3n) is 5.45. The number of aromatic nitrogens is 2. The molecule has 28 heavy (non-hydrogen) atoms. The maximum absolute atomic E-state index is 5.46. The van der Waals surface area contributed by atoms with E-state index < -0.39 is 0 Å². The summed E-state index contributed by atoms with van der Waals surface area (Å²) in [6.45, 7) is 7.65. The normalized spacial score (nSPS) is 15.6. The molecular weight excluding hydrogens is 350 g/mol. The van der Waals surface area contributed by atoms with Crippen molar-refractivity contribution in [3.63, 3.8) is 0 Å². The van der Waals surface area contributed by atoms with Crippen molar-refractivity contribution in [3.05, 3.63) is 47.3 Å². The topological polar surface area (TPSA) is 54.7 Å². The van der Waals surface area contributed by atoms with Gasteiger partial charge in [-0.25, -0.2) is 4.68 Å². The van der Waals surface area contributed by atoms with Crippen molar-refractivity contribution in [1.29, 1.82) is 0 Å². The second-order valence-electron chi connectivity index (χ2n) is 7.63. The van der Waals surface area contributed by atoms with Gasteiger partial charge < -0.3 is 15.0 Å². The molecule has 0 aliphatic carbocycles. The van der Waals surface area contributed by atoms with Gasteiger partial charge in [0.15, 0.2) is 5.96 Å². The Morgan fingerprint density at radius 1 is 1.29 bits per heavy atom. The largest absolute Gasteiger partial charge is 0.381 e. The molecule has 0 saturated carbocycles. The first kappa shape index (κ1) is 20.4. The maximum atomic E-state index is 5.46. The molecule has 0 amide bonds. The minimum atomic E-state index is 0.711. The van der Waals surface area contributed by atoms with Crippen LogP contribution in [0.1, 0.15) is 36.2 Å². The van der Waals surface area contributed by atoms with Crippen LogP contribution < -0.4 is 5.32 Å². The summed E-state index contributed by atoms with van der Waals surface area (Å²) in [6, 6.07) is 10.5. The van der Waals surface area contributed by atoms with Gasteiger partial charge >= 0.3 is 0 Å². The first-order valence-corrected chi connectivity index (χ1v) is 10.2. The monoisotopic (exact) mass is 383 g/mol. The third-order valence-corrected chi connectivity index (χ3v) is 5.45. The maximum Gasteiger partial charge on any atom is 0.193 e. The average molecular weight is 384 g/mol. The fourth-order valence-corrected chi connectivity index (χ4v) is 3.82. The lowest BCUT2D eigenvalue weighted by molar-refractivity contribution is 0.0625. The molecule has 6 heteroatoms. The lowest BCUT2D eigenvalue weighted by Crippen LogP contribution is -2.39. The lowest BCUT2D eigenvalue weighted by Gasteiger charge is -2.27. The van der Waals surface area contributed by atoms with Gasteiger partial charge in [-0.2, -0.15) is 5.10 Å². The lowest BCUT2D eigenvalue weighted by atomic mass is 9.96. The molecule has 1 N–H and O–H groups in total. The molecule has 1 aromatic heterocycles. The number of aliphatic imine (C=N–C) groups is 1. The van der Waals surface area contributed by atoms with Gasteiger partial charge in [0.1, 0.15) is 0 Å². The predicted molar refractivity (Wildman–Crippen MR) is 114 cm³/mol. The highest BCUT2D eigenvalue weighted by molar-refractivity contribution is 5.79. The molecule has 1 aliphatic rings. The number of benzene rings is 1. The van der Waals surface area contributed by atoms with Gasteiger partial charge in [0.2, 0.25) is 0 Å². The van der Waals surface area contributed by atoms with Crippen molar-refractivity contribution >= 4 is 5.96 Å². The van der Waals surface area contributed by atoms with E-state index in [2.05, 4.69) is 64.6 Å². The van der Waals surface area contributed by atoms with Crippen LogP contribution in [0.2, 0.25) is 0 Å². The van der Waals surface area contributed by atoms with E-state index in [1.807, 2.05) is 18.7 Å². The summed E-state index contributed by atoms with van der Waals surface area (Å²) in [6.07, 6.45) is 3.54. The molecule has 2 aromatic rings. The van der Waals surface area contributed by atoms with Crippen molar-refractivity contribution in [2.75, 3.05) is 33.9 Å². The Morgan fingerprint density at radius 2 is 2.04 bits per heavy atom. The summed E-state index contributed by atoms with van der Waals surface area (Å²) in [5.41, 5.74) is 4.49. The number of para-hydroxylation sites is 1. The van der Waals surface area contributed by atoms with Gasteiger partial charge in [-0.3, -0.25) is 4.99 Å². The van der Waals surface area contributed by atoms with E-state index in [0.29, 0.717) is 6.54 Å². The molecule has 6 nitrogen and oxygen atoms in total. The Hall–Kier alpha value is -2.34. The summed E-state index contributed by atoms with van der Waals surface area (Å²) in [7, 11) is 3.96. The van der Waals surface area contributed by atoms with E-state index in [-0.39, 0.29) is 0 Å². The zero-order valence-corrected chi connectivity index (χ0v) is 17.6. The SMILES string of the molecule is CN=C(NCc1ccccc1-n1nc(C)cc1C)N(C)CCC1CCOCC1. The predicted octanol–water partition coefficient (Wildman–Crippen LogP) is 3.31. The molecule has 0 atom stereocenters. The van der Waals surface area contributed by atoms with Gasteiger partial charge in [0.25, 0.3) is 0 Å². The van der Waals surface area contributed by atoms with Crippen molar-refractivity contribution in [2.45, 2.75) is 39.7 Å². The average Bonchev–Trinajstić information content (AvgIpc) is 3.05. The highest BCUT2D eigenvalue weighted by Crippen LogP contribution is 2.19. The minimum absolute atomic E-state index is 0.711. The molecule has 1 fully saturated rings. The van der Waals surface area contributed by atoms with Crippen LogP contribution >= 0.6 is 0 Å². The van der Waals surface area contributed by atoms with Gasteiger partial charge in [-0.05, 0) is 56.7 Å². The number of nitrogens with zero attached hydrogens (tertiary/aromatic N) is 4. The molecular formula is C22H33N5O. The standard InChI is InChI=1S/C22H33N5O/c1-17-15-18(2)27(25-17)21-8-6-5-7-20(21)16-24-22(23-3)26(4)12-9-19-10-13-28-14-11-19/h5-8,15,19H,9-14,16H2,1-4H3,(H,23,24). The van der Waals surface area contributed by atoms with Crippen LogP contribution in [-0.2, 0) is 11.3 Å². The Morgan fingerprint density at radius 3 is 2.71 bits per heavy atom. The van der Waals surface area contributed by atoms with Crippen LogP contribution in [0.3, 0.4) is 0 Å². The first-order valence-electron chi connectivity index (χ1n) is 10.2. The number of aryl methyl sites for hydroxylation is 2. The zero-order chi connectivity index (χ0) is 19.9. The van der Waals surface area contributed by atoms with E-state index in [1.165, 1.54) is 24.8 Å². The molecule has 0 unspecified atom stereocenters. The van der Waals surface area contributed by atoms with Crippen LogP contribution in [-0.4, -0.2) is 54.5 Å². The summed E-state index contributed by atoms with van der Waals surface area (Å²) < 4.78 is 7.48. The third kappa shape index (κ3) is 5.13. The number of rotatable bonds is 6. The Bertz CT molecular complexity index is 792. The van der Waals surface area contributed by atoms with Gasteiger partial charge in [-0.15, -0.1) is 0 Å². The Kier molecular flexibility index (Phi) is 7.09. The van der Waals surface area contributed by atoms with Crippen molar-refractivity contribution in [2.24, 2.45) is 10.9 Å². The highest BCUT2D eigenvalue weighted by atomic mass is 16.5. The molecule has 0 radical (unpaired) electrons. The number of ether oxygens (including phenoxy) is 1. The minimum Gasteiger partial charge on any atom is -0.381 e. The first-order chi connectivity index (χ1) is 13.6. The Balaban J connectivity index is 1.61. The quantitative estimate of drug-likeness (QED) is 0.614. The molecule has 1 aliphatic heterocycles. The van der Waals surface area contributed by atoms with Crippen molar-refractivity contribution < 1.29 is 4.74 Å². The van der Waals surface area contributed by atoms with Crippen LogP contribution in [0, 0.1) is 19.8 Å². The molecule has 0 bridgehead atoms. The van der Waals surface area contributed by atoms with Crippen LogP contribution in [0.25, 0.3) is 5.69 Å². The van der Waals surface area contributed by atoms with E-state index in [9.17, 15) is 0 Å². The fourth-order valence-electron chi connectivity index (χ4n) is 3.82. The van der Waals surface area contributed by atoms with E-state index in [0.717, 1.165) is 48.7 Å². The van der Waals surface area contributed by atoms with E-state index in [4.69, 9.17) is 4.74 Å². The summed E-state index contributed by atoms with van der Waals surface area (Å²) in [5.74, 6) is 1.69. The molecule has 1 aromatic carbocycles. The molecule has 0 spiro atoms. The second kappa shape index (κ2) is 9.73. The van der Waals surface area contributed by atoms with Gasteiger partial charge in [0, 0.05) is 46.1 Å². The number of guanidine groups is 1. The van der Waals surface area contributed by atoms with E-state index >= 15 is 0 Å². The van der Waals surface area contributed by atoms with Crippen molar-refractivity contribution in [3.8, 4) is 5.69 Å². The summed E-state index contributed by atoms with van der Waals surface area (Å²) in [5, 5.41) is 8.16. The van der Waals surface area contributed by atoms with Crippen molar-refractivity contribution in [1.82, 2.24) is 20.0 Å². The summed E-state index contributed by atoms with van der Waals surface area (Å²) in [4.78, 5) is 6.70. The van der Waals surface area contributed by atoms with Gasteiger partial charge in [-0.1, -0.05) is 18.2 Å². The smallest absolute Gasteiger partial charge is 0.193 e. The molecule has 1 saturated heterocycles. The summed E-state index contributed by atoms with van der Waals surface area (Å²) >= 11 is 0. The number of nitrogens with one attached hydrogen (secondary N) is 1. The molecule has 152 valence electrons. The number of hydrogen-bond acceptors (Lipinski definition) is 3. The van der Waals surface area contributed by atoms with Gasteiger partial charge in [0.05, 0.1) is 11.4 Å². The number of hydrogen-bond donors (Lipinski definition) is 1.